The summed E-state index contributed by atoms with van der Waals surface area (Å²) in [6.07, 6.45) is 0. The van der Waals surface area contributed by atoms with E-state index in [0.29, 0.717) is 17.3 Å². The standard InChI is InChI=1S/C15H10BrN5O2/c1-5-9-12(21-20-5)19-13(22)15(9)8-4-6(16)2-3-7(8)10-11(15)18-14(17)23-10/h2-4H,1H3,(H2,17,18)(H2,19,20,21,22)/t15-/m1/s1. The van der Waals surface area contributed by atoms with Gasteiger partial charge in [0.05, 0.1) is 0 Å². The normalized spacial score (nSPS) is 20.5. The number of aryl methyl sites for hydroxylation is 1. The van der Waals surface area contributed by atoms with E-state index in [2.05, 4.69) is 36.4 Å². The molecule has 2 aromatic heterocycles. The summed E-state index contributed by atoms with van der Waals surface area (Å²) < 4.78 is 6.47. The van der Waals surface area contributed by atoms with Crippen molar-refractivity contribution < 1.29 is 9.21 Å². The summed E-state index contributed by atoms with van der Waals surface area (Å²) in [6.45, 7) is 1.88. The van der Waals surface area contributed by atoms with E-state index in [4.69, 9.17) is 10.2 Å². The van der Waals surface area contributed by atoms with Gasteiger partial charge < -0.3 is 15.5 Å². The highest BCUT2D eigenvalue weighted by Crippen LogP contribution is 2.57. The van der Waals surface area contributed by atoms with Crippen LogP contribution in [0.4, 0.5) is 11.8 Å². The van der Waals surface area contributed by atoms with Gasteiger partial charge in [-0.3, -0.25) is 9.89 Å². The Balaban J connectivity index is 1.99. The second kappa shape index (κ2) is 3.83. The van der Waals surface area contributed by atoms with Crippen LogP contribution in [-0.2, 0) is 10.2 Å². The van der Waals surface area contributed by atoms with Crippen molar-refractivity contribution in [3.63, 3.8) is 0 Å². The highest BCUT2D eigenvalue weighted by molar-refractivity contribution is 9.10. The first-order valence-electron chi connectivity index (χ1n) is 6.97. The zero-order chi connectivity index (χ0) is 15.9. The average Bonchev–Trinajstić information content (AvgIpc) is 3.18. The number of carbonyl (C=O) groups excluding carboxylic acids is 1. The number of nitrogens with one attached hydrogen (secondary N) is 2. The van der Waals surface area contributed by atoms with E-state index in [0.717, 1.165) is 26.9 Å². The Labute approximate surface area is 138 Å². The van der Waals surface area contributed by atoms with Crippen LogP contribution in [0, 0.1) is 6.92 Å². The second-order valence-electron chi connectivity index (χ2n) is 5.70. The summed E-state index contributed by atoms with van der Waals surface area (Å²) in [6, 6.07) is 5.77. The number of fused-ring (bicyclic) bond motifs is 7. The van der Waals surface area contributed by atoms with Crippen LogP contribution in [0.2, 0.25) is 0 Å². The van der Waals surface area contributed by atoms with E-state index in [1.165, 1.54) is 0 Å². The fraction of sp³-hybridized carbons (Fsp3) is 0.133. The van der Waals surface area contributed by atoms with Gasteiger partial charge in [0.1, 0.15) is 5.69 Å². The van der Waals surface area contributed by atoms with Crippen LogP contribution in [0.25, 0.3) is 11.3 Å². The van der Waals surface area contributed by atoms with Gasteiger partial charge in [-0.1, -0.05) is 15.9 Å². The smallest absolute Gasteiger partial charge is 0.292 e. The molecule has 1 aliphatic heterocycles. The summed E-state index contributed by atoms with van der Waals surface area (Å²) in [5, 5.41) is 9.95. The van der Waals surface area contributed by atoms with Gasteiger partial charge in [-0.05, 0) is 30.7 Å². The zero-order valence-electron chi connectivity index (χ0n) is 11.9. The molecule has 5 rings (SSSR count). The molecular weight excluding hydrogens is 362 g/mol. The molecule has 4 N–H and O–H groups in total. The SMILES string of the molecule is Cc1[nH]nc2c1[C@]1(C(=O)N2)c2cc(Br)ccc2-c2oc(N)nc21. The van der Waals surface area contributed by atoms with Crippen molar-refractivity contribution in [1.82, 2.24) is 15.2 Å². The van der Waals surface area contributed by atoms with Gasteiger partial charge in [0, 0.05) is 21.3 Å². The number of hydrogen-bond acceptors (Lipinski definition) is 5. The zero-order valence-corrected chi connectivity index (χ0v) is 13.5. The predicted molar refractivity (Wildman–Crippen MR) is 85.9 cm³/mol. The lowest BCUT2D eigenvalue weighted by atomic mass is 9.76. The third-order valence-electron chi connectivity index (χ3n) is 4.52. The summed E-state index contributed by atoms with van der Waals surface area (Å²) >= 11 is 3.48. The Bertz CT molecular complexity index is 1020. The summed E-state index contributed by atoms with van der Waals surface area (Å²) in [7, 11) is 0. The van der Waals surface area contributed by atoms with E-state index >= 15 is 0 Å². The Morgan fingerprint density at radius 3 is 3.04 bits per heavy atom. The van der Waals surface area contributed by atoms with Crippen LogP contribution in [0.1, 0.15) is 22.5 Å². The minimum Gasteiger partial charge on any atom is -0.423 e. The molecule has 0 bridgehead atoms. The Hall–Kier alpha value is -2.61. The van der Waals surface area contributed by atoms with Gasteiger partial charge in [-0.15, -0.1) is 0 Å². The molecule has 2 aliphatic rings. The molecule has 3 heterocycles. The number of aromatic nitrogens is 3. The maximum absolute atomic E-state index is 13.0. The molecule has 8 heteroatoms. The maximum Gasteiger partial charge on any atom is 0.292 e. The van der Waals surface area contributed by atoms with Crippen LogP contribution >= 0.6 is 15.9 Å². The van der Waals surface area contributed by atoms with Crippen LogP contribution < -0.4 is 11.1 Å². The maximum atomic E-state index is 13.0. The molecule has 1 aromatic carbocycles. The molecule has 1 amide bonds. The van der Waals surface area contributed by atoms with Crippen molar-refractivity contribution in [2.45, 2.75) is 12.3 Å². The first-order valence-corrected chi connectivity index (χ1v) is 7.77. The van der Waals surface area contributed by atoms with Gasteiger partial charge >= 0.3 is 0 Å². The first-order chi connectivity index (χ1) is 11.0. The topological polar surface area (TPSA) is 110 Å². The number of aromatic amines is 1. The van der Waals surface area contributed by atoms with Crippen LogP contribution in [0.5, 0.6) is 0 Å². The molecule has 0 saturated heterocycles. The fourth-order valence-electron chi connectivity index (χ4n) is 3.70. The third-order valence-corrected chi connectivity index (χ3v) is 5.02. The van der Waals surface area contributed by atoms with Crippen molar-refractivity contribution >= 4 is 33.7 Å². The number of carbonyl (C=O) groups is 1. The van der Waals surface area contributed by atoms with Gasteiger partial charge in [-0.25, -0.2) is 0 Å². The molecule has 1 spiro atoms. The molecule has 3 aromatic rings. The number of H-pyrrole nitrogens is 1. The Morgan fingerprint density at radius 1 is 1.39 bits per heavy atom. The van der Waals surface area contributed by atoms with Crippen LogP contribution in [0.3, 0.4) is 0 Å². The number of nitrogen functional groups attached to an aromatic ring is 1. The first kappa shape index (κ1) is 12.9. The number of nitrogens with zero attached hydrogens (tertiary/aromatic N) is 2. The number of oxazole rings is 1. The molecule has 7 nitrogen and oxygen atoms in total. The molecule has 0 fully saturated rings. The molecule has 114 valence electrons. The summed E-state index contributed by atoms with van der Waals surface area (Å²) in [5.41, 5.74) is 8.41. The minimum atomic E-state index is -1.08. The predicted octanol–water partition coefficient (Wildman–Crippen LogP) is 2.32. The molecule has 0 saturated carbocycles. The second-order valence-corrected chi connectivity index (χ2v) is 6.61. The molecular formula is C15H10BrN5O2. The fourth-order valence-corrected chi connectivity index (χ4v) is 4.06. The third kappa shape index (κ3) is 1.29. The number of amides is 1. The van der Waals surface area contributed by atoms with Gasteiger partial charge in [0.15, 0.2) is 17.0 Å². The Kier molecular flexibility index (Phi) is 2.14. The van der Waals surface area contributed by atoms with Crippen molar-refractivity contribution in [2.75, 3.05) is 11.1 Å². The largest absolute Gasteiger partial charge is 0.423 e. The van der Waals surface area contributed by atoms with Crippen molar-refractivity contribution in [2.24, 2.45) is 0 Å². The van der Waals surface area contributed by atoms with Crippen LogP contribution in [-0.4, -0.2) is 21.1 Å². The van der Waals surface area contributed by atoms with E-state index in [-0.39, 0.29) is 11.9 Å². The molecule has 1 aliphatic carbocycles. The lowest BCUT2D eigenvalue weighted by Crippen LogP contribution is -2.36. The molecule has 0 radical (unpaired) electrons. The molecule has 0 unspecified atom stereocenters. The van der Waals surface area contributed by atoms with Gasteiger partial charge in [0.2, 0.25) is 5.91 Å². The number of anilines is 2. The molecule has 1 atom stereocenters. The number of hydrogen-bond donors (Lipinski definition) is 3. The van der Waals surface area contributed by atoms with E-state index in [1.54, 1.807) is 0 Å². The summed E-state index contributed by atoms with van der Waals surface area (Å²) in [5.74, 6) is 0.861. The number of halogens is 1. The summed E-state index contributed by atoms with van der Waals surface area (Å²) in [4.78, 5) is 17.3. The van der Waals surface area contributed by atoms with Crippen molar-refractivity contribution in [3.8, 4) is 11.3 Å². The van der Waals surface area contributed by atoms with Gasteiger partial charge in [-0.2, -0.15) is 10.1 Å². The van der Waals surface area contributed by atoms with E-state index in [1.807, 2.05) is 25.1 Å². The van der Waals surface area contributed by atoms with Crippen molar-refractivity contribution in [1.29, 1.82) is 0 Å². The Morgan fingerprint density at radius 2 is 2.22 bits per heavy atom. The highest BCUT2D eigenvalue weighted by Gasteiger charge is 2.60. The van der Waals surface area contributed by atoms with E-state index in [9.17, 15) is 4.79 Å². The highest BCUT2D eigenvalue weighted by atomic mass is 79.9. The monoisotopic (exact) mass is 371 g/mol. The average molecular weight is 372 g/mol. The lowest BCUT2D eigenvalue weighted by Gasteiger charge is -2.22. The quantitative estimate of drug-likeness (QED) is 0.561. The number of rotatable bonds is 0. The van der Waals surface area contributed by atoms with Crippen molar-refractivity contribution in [3.05, 3.63) is 45.2 Å². The van der Waals surface area contributed by atoms with Crippen LogP contribution in [0.15, 0.2) is 27.1 Å². The number of benzene rings is 1. The number of nitrogens with two attached hydrogens (primary N) is 1. The molecule has 23 heavy (non-hydrogen) atoms. The van der Waals surface area contributed by atoms with E-state index < -0.39 is 5.41 Å². The minimum absolute atomic E-state index is 0.0466. The van der Waals surface area contributed by atoms with Gasteiger partial charge in [0.25, 0.3) is 6.01 Å². The lowest BCUT2D eigenvalue weighted by molar-refractivity contribution is -0.118.